The van der Waals surface area contributed by atoms with Gasteiger partial charge < -0.3 is 14.4 Å². The Morgan fingerprint density at radius 3 is 2.50 bits per heavy atom. The summed E-state index contributed by atoms with van der Waals surface area (Å²) >= 11 is 0. The Labute approximate surface area is 165 Å². The Bertz CT molecular complexity index is 859. The lowest BCUT2D eigenvalue weighted by Crippen LogP contribution is -2.34. The molecule has 28 heavy (non-hydrogen) atoms. The molecular formula is C23H26FNO3. The Balaban J connectivity index is 1.70. The maximum atomic E-state index is 13.1. The van der Waals surface area contributed by atoms with Crippen molar-refractivity contribution in [2.24, 2.45) is 5.92 Å². The number of benzene rings is 2. The van der Waals surface area contributed by atoms with Crippen LogP contribution in [0.5, 0.6) is 11.5 Å². The van der Waals surface area contributed by atoms with Gasteiger partial charge in [0.05, 0.1) is 13.7 Å². The van der Waals surface area contributed by atoms with E-state index in [4.69, 9.17) is 9.47 Å². The van der Waals surface area contributed by atoms with Gasteiger partial charge in [0.25, 0.3) is 5.91 Å². The van der Waals surface area contributed by atoms with Crippen LogP contribution >= 0.6 is 0 Å². The van der Waals surface area contributed by atoms with Crippen LogP contribution in [-0.4, -0.2) is 37.6 Å². The minimum atomic E-state index is -0.244. The highest BCUT2D eigenvalue weighted by atomic mass is 19.1. The van der Waals surface area contributed by atoms with Gasteiger partial charge in [-0.1, -0.05) is 32.1 Å². The molecule has 0 spiro atoms. The molecule has 3 rings (SSSR count). The van der Waals surface area contributed by atoms with Crippen LogP contribution in [0.3, 0.4) is 0 Å². The topological polar surface area (TPSA) is 38.8 Å². The van der Waals surface area contributed by atoms with E-state index in [0.29, 0.717) is 42.7 Å². The number of hydrogen-bond donors (Lipinski definition) is 0. The molecule has 1 aliphatic rings. The number of nitrogens with zero attached hydrogens (tertiary/aromatic N) is 1. The monoisotopic (exact) mass is 383 g/mol. The molecule has 2 aromatic carbocycles. The van der Waals surface area contributed by atoms with E-state index in [1.807, 2.05) is 6.08 Å². The molecule has 0 saturated heterocycles. The number of ether oxygens (including phenoxy) is 2. The van der Waals surface area contributed by atoms with E-state index >= 15 is 0 Å². The number of halogens is 1. The van der Waals surface area contributed by atoms with Gasteiger partial charge in [-0.25, -0.2) is 4.39 Å². The first-order valence-electron chi connectivity index (χ1n) is 9.53. The van der Waals surface area contributed by atoms with Crippen molar-refractivity contribution in [3.63, 3.8) is 0 Å². The van der Waals surface area contributed by atoms with Crippen LogP contribution in [0.4, 0.5) is 4.39 Å². The molecule has 1 amide bonds. The molecule has 5 heteroatoms. The quantitative estimate of drug-likeness (QED) is 0.719. The normalized spacial score (nSPS) is 14.0. The second kappa shape index (κ2) is 8.91. The summed E-state index contributed by atoms with van der Waals surface area (Å²) in [5, 5.41) is 0. The summed E-state index contributed by atoms with van der Waals surface area (Å²) in [6.45, 7) is 5.89. The van der Waals surface area contributed by atoms with Crippen molar-refractivity contribution >= 4 is 11.5 Å². The second-order valence-corrected chi connectivity index (χ2v) is 7.31. The summed E-state index contributed by atoms with van der Waals surface area (Å²) in [4.78, 5) is 14.7. The van der Waals surface area contributed by atoms with E-state index < -0.39 is 0 Å². The average molecular weight is 383 g/mol. The van der Waals surface area contributed by atoms with Gasteiger partial charge in [0.2, 0.25) is 0 Å². The highest BCUT2D eigenvalue weighted by Crippen LogP contribution is 2.30. The largest absolute Gasteiger partial charge is 0.493 e. The smallest absolute Gasteiger partial charge is 0.254 e. The maximum Gasteiger partial charge on any atom is 0.254 e. The molecule has 1 aliphatic heterocycles. The third-order valence-electron chi connectivity index (χ3n) is 4.69. The van der Waals surface area contributed by atoms with Gasteiger partial charge in [0.15, 0.2) is 11.5 Å². The number of hydrogen-bond acceptors (Lipinski definition) is 3. The molecule has 0 atom stereocenters. The van der Waals surface area contributed by atoms with E-state index in [0.717, 1.165) is 17.6 Å². The zero-order chi connectivity index (χ0) is 20.1. The van der Waals surface area contributed by atoms with E-state index in [1.54, 1.807) is 42.3 Å². The lowest BCUT2D eigenvalue weighted by Gasteiger charge is -2.27. The highest BCUT2D eigenvalue weighted by Gasteiger charge is 2.21. The Morgan fingerprint density at radius 1 is 1.14 bits per heavy atom. The summed E-state index contributed by atoms with van der Waals surface area (Å²) in [5.74, 6) is 1.33. The van der Waals surface area contributed by atoms with Gasteiger partial charge in [-0.2, -0.15) is 0 Å². The molecule has 0 radical (unpaired) electrons. The van der Waals surface area contributed by atoms with Gasteiger partial charge in [0, 0.05) is 18.7 Å². The molecule has 4 nitrogen and oxygen atoms in total. The maximum absolute atomic E-state index is 13.1. The molecule has 0 aromatic heterocycles. The molecule has 148 valence electrons. The van der Waals surface area contributed by atoms with Crippen molar-refractivity contribution in [3.8, 4) is 11.5 Å². The molecule has 0 unspecified atom stereocenters. The van der Waals surface area contributed by atoms with Crippen LogP contribution in [0.1, 0.15) is 36.2 Å². The highest BCUT2D eigenvalue weighted by molar-refractivity contribution is 5.95. The minimum Gasteiger partial charge on any atom is -0.493 e. The summed E-state index contributed by atoms with van der Waals surface area (Å²) in [5.41, 5.74) is 2.72. The fourth-order valence-corrected chi connectivity index (χ4v) is 3.14. The number of carbonyl (C=O) groups is 1. The molecule has 0 fully saturated rings. The van der Waals surface area contributed by atoms with Crippen molar-refractivity contribution < 1.29 is 18.7 Å². The minimum absolute atomic E-state index is 0.0388. The average Bonchev–Trinajstić information content (AvgIpc) is 2.72. The third kappa shape index (κ3) is 4.71. The van der Waals surface area contributed by atoms with Crippen molar-refractivity contribution in [2.45, 2.75) is 20.3 Å². The number of methoxy groups -OCH3 is 1. The van der Waals surface area contributed by atoms with E-state index in [-0.39, 0.29) is 11.7 Å². The Kier molecular flexibility index (Phi) is 6.34. The molecule has 2 aromatic rings. The van der Waals surface area contributed by atoms with Crippen LogP contribution in [0.25, 0.3) is 5.57 Å². The second-order valence-electron chi connectivity index (χ2n) is 7.31. The Morgan fingerprint density at radius 2 is 1.89 bits per heavy atom. The van der Waals surface area contributed by atoms with E-state index in [9.17, 15) is 9.18 Å². The van der Waals surface area contributed by atoms with Crippen LogP contribution in [0, 0.1) is 11.7 Å². The van der Waals surface area contributed by atoms with E-state index in [1.165, 1.54) is 12.1 Å². The standard InChI is InChI=1S/C23H26FNO3/c1-16(2)15-28-21-9-6-19(14-22(21)27-3)23(26)25-12-10-18(11-13-25)17-4-7-20(24)8-5-17/h4-10,14,16H,11-13,15H2,1-3H3. The van der Waals surface area contributed by atoms with Gasteiger partial charge in [-0.05, 0) is 53.8 Å². The van der Waals surface area contributed by atoms with Gasteiger partial charge >= 0.3 is 0 Å². The summed E-state index contributed by atoms with van der Waals surface area (Å²) in [6.07, 6.45) is 2.77. The first-order valence-corrected chi connectivity index (χ1v) is 9.53. The van der Waals surface area contributed by atoms with Crippen molar-refractivity contribution in [1.82, 2.24) is 4.90 Å². The zero-order valence-electron chi connectivity index (χ0n) is 16.6. The lowest BCUT2D eigenvalue weighted by molar-refractivity contribution is 0.0772. The van der Waals surface area contributed by atoms with Crippen LogP contribution in [-0.2, 0) is 0 Å². The molecule has 0 bridgehead atoms. The molecular weight excluding hydrogens is 357 g/mol. The van der Waals surface area contributed by atoms with Gasteiger partial charge in [0.1, 0.15) is 5.82 Å². The number of amides is 1. The summed E-state index contributed by atoms with van der Waals surface area (Å²) in [7, 11) is 1.57. The fraction of sp³-hybridized carbons (Fsp3) is 0.348. The van der Waals surface area contributed by atoms with Gasteiger partial charge in [-0.15, -0.1) is 0 Å². The Hall–Kier alpha value is -2.82. The predicted molar refractivity (Wildman–Crippen MR) is 108 cm³/mol. The van der Waals surface area contributed by atoms with E-state index in [2.05, 4.69) is 13.8 Å². The SMILES string of the molecule is COc1cc(C(=O)N2CC=C(c3ccc(F)cc3)CC2)ccc1OCC(C)C. The third-order valence-corrected chi connectivity index (χ3v) is 4.69. The van der Waals surface area contributed by atoms with Crippen molar-refractivity contribution in [3.05, 3.63) is 65.5 Å². The van der Waals surface area contributed by atoms with Crippen molar-refractivity contribution in [1.29, 1.82) is 0 Å². The molecule has 0 saturated carbocycles. The van der Waals surface area contributed by atoms with Crippen molar-refractivity contribution in [2.75, 3.05) is 26.8 Å². The predicted octanol–water partition coefficient (Wildman–Crippen LogP) is 4.80. The number of carbonyl (C=O) groups excluding carboxylic acids is 1. The fourth-order valence-electron chi connectivity index (χ4n) is 3.14. The van der Waals surface area contributed by atoms with Crippen LogP contribution in [0.15, 0.2) is 48.5 Å². The first-order chi connectivity index (χ1) is 13.5. The van der Waals surface area contributed by atoms with Crippen LogP contribution < -0.4 is 9.47 Å². The lowest BCUT2D eigenvalue weighted by atomic mass is 9.99. The first kappa shape index (κ1) is 19.9. The number of rotatable bonds is 6. The zero-order valence-corrected chi connectivity index (χ0v) is 16.6. The molecule has 1 heterocycles. The van der Waals surface area contributed by atoms with Crippen LogP contribution in [0.2, 0.25) is 0 Å². The summed E-state index contributed by atoms with van der Waals surface area (Å²) in [6, 6.07) is 11.8. The summed E-state index contributed by atoms with van der Waals surface area (Å²) < 4.78 is 24.3. The van der Waals surface area contributed by atoms with Gasteiger partial charge in [-0.3, -0.25) is 4.79 Å². The molecule has 0 aliphatic carbocycles. The molecule has 0 N–H and O–H groups in total.